The number of piperidine rings is 1. The highest BCUT2D eigenvalue weighted by Crippen LogP contribution is 2.24. The van der Waals surface area contributed by atoms with Crippen molar-refractivity contribution in [3.63, 3.8) is 0 Å². The van der Waals surface area contributed by atoms with E-state index < -0.39 is 0 Å². The number of nitrogens with two attached hydrogens (primary N) is 1. The van der Waals surface area contributed by atoms with Gasteiger partial charge in [0, 0.05) is 29.7 Å². The first-order valence-corrected chi connectivity index (χ1v) is 7.27. The van der Waals surface area contributed by atoms with Crippen LogP contribution in [-0.2, 0) is 6.54 Å². The van der Waals surface area contributed by atoms with E-state index in [0.717, 1.165) is 49.7 Å². The topological polar surface area (TPSA) is 55.3 Å². The van der Waals surface area contributed by atoms with Crippen molar-refractivity contribution in [2.45, 2.75) is 25.4 Å². The number of likely N-dealkylation sites (tertiary alicyclic amines) is 1. The lowest BCUT2D eigenvalue weighted by molar-refractivity contribution is 0.189. The van der Waals surface area contributed by atoms with E-state index in [4.69, 9.17) is 21.8 Å². The number of aromatic nitrogens is 1. The molecule has 1 saturated heterocycles. The van der Waals surface area contributed by atoms with Crippen LogP contribution in [0.1, 0.15) is 18.7 Å². The molecule has 0 atom stereocenters. The lowest BCUT2D eigenvalue weighted by atomic mass is 10.1. The molecule has 0 aliphatic carbocycles. The van der Waals surface area contributed by atoms with Gasteiger partial charge in [0.15, 0.2) is 5.76 Å². The summed E-state index contributed by atoms with van der Waals surface area (Å²) in [6, 6.07) is 7.95. The number of halogens is 1. The van der Waals surface area contributed by atoms with Crippen LogP contribution in [0.2, 0.25) is 5.02 Å². The third kappa shape index (κ3) is 3.20. The number of oxazole rings is 1. The summed E-state index contributed by atoms with van der Waals surface area (Å²) >= 11 is 5.99. The van der Waals surface area contributed by atoms with Gasteiger partial charge in [-0.3, -0.25) is 4.90 Å². The summed E-state index contributed by atoms with van der Waals surface area (Å²) in [4.78, 5) is 6.68. The number of hydrogen-bond acceptors (Lipinski definition) is 4. The van der Waals surface area contributed by atoms with Crippen molar-refractivity contribution in [3.05, 3.63) is 41.4 Å². The van der Waals surface area contributed by atoms with Crippen LogP contribution in [0.15, 0.2) is 34.9 Å². The van der Waals surface area contributed by atoms with E-state index in [1.165, 1.54) is 0 Å². The van der Waals surface area contributed by atoms with Crippen molar-refractivity contribution in [2.24, 2.45) is 5.73 Å². The fraction of sp³-hybridized carbons (Fsp3) is 0.400. The third-order valence-corrected chi connectivity index (χ3v) is 3.89. The second-order valence-electron chi connectivity index (χ2n) is 5.24. The largest absolute Gasteiger partial charge is 0.439 e. The zero-order valence-electron chi connectivity index (χ0n) is 11.3. The first kappa shape index (κ1) is 13.6. The number of hydrogen-bond donors (Lipinski definition) is 1. The van der Waals surface area contributed by atoms with Crippen LogP contribution >= 0.6 is 11.6 Å². The predicted octanol–water partition coefficient (Wildman–Crippen LogP) is 2.92. The molecule has 0 radical (unpaired) electrons. The minimum atomic E-state index is 0.345. The normalized spacial score (nSPS) is 17.5. The lowest BCUT2D eigenvalue weighted by Crippen LogP contribution is -2.39. The first-order chi connectivity index (χ1) is 9.70. The molecule has 1 fully saturated rings. The summed E-state index contributed by atoms with van der Waals surface area (Å²) in [7, 11) is 0. The Morgan fingerprint density at radius 2 is 2.15 bits per heavy atom. The fourth-order valence-electron chi connectivity index (χ4n) is 2.46. The molecule has 2 aromatic rings. The summed E-state index contributed by atoms with van der Waals surface area (Å²) in [5, 5.41) is 0.700. The molecule has 106 valence electrons. The molecule has 1 aliphatic heterocycles. The van der Waals surface area contributed by atoms with E-state index in [9.17, 15) is 0 Å². The molecule has 0 spiro atoms. The van der Waals surface area contributed by atoms with Gasteiger partial charge >= 0.3 is 0 Å². The van der Waals surface area contributed by atoms with E-state index in [2.05, 4.69) is 9.88 Å². The highest BCUT2D eigenvalue weighted by atomic mass is 35.5. The zero-order valence-corrected chi connectivity index (χ0v) is 12.0. The van der Waals surface area contributed by atoms with Crippen LogP contribution in [0.3, 0.4) is 0 Å². The third-order valence-electron chi connectivity index (χ3n) is 3.65. The van der Waals surface area contributed by atoms with Crippen molar-refractivity contribution in [1.29, 1.82) is 0 Å². The van der Waals surface area contributed by atoms with Crippen LogP contribution in [0.5, 0.6) is 0 Å². The maximum absolute atomic E-state index is 5.99. The Balaban J connectivity index is 1.68. The van der Waals surface area contributed by atoms with Crippen LogP contribution < -0.4 is 5.73 Å². The molecule has 4 nitrogen and oxygen atoms in total. The van der Waals surface area contributed by atoms with Crippen molar-refractivity contribution >= 4 is 11.6 Å². The molecule has 1 aromatic heterocycles. The predicted molar refractivity (Wildman–Crippen MR) is 79.4 cm³/mol. The summed E-state index contributed by atoms with van der Waals surface area (Å²) in [6.45, 7) is 2.76. The molecular formula is C15H18ClN3O. The van der Waals surface area contributed by atoms with Gasteiger partial charge in [-0.1, -0.05) is 23.7 Å². The zero-order chi connectivity index (χ0) is 13.9. The molecule has 0 unspecified atom stereocenters. The summed E-state index contributed by atoms with van der Waals surface area (Å²) in [5.74, 6) is 1.51. The van der Waals surface area contributed by atoms with Gasteiger partial charge in [-0.2, -0.15) is 0 Å². The van der Waals surface area contributed by atoms with E-state index in [1.807, 2.05) is 24.3 Å². The molecular weight excluding hydrogens is 274 g/mol. The maximum Gasteiger partial charge on any atom is 0.209 e. The SMILES string of the molecule is NC1CCN(Cc2ncc(-c3cccc(Cl)c3)o2)CC1. The van der Waals surface area contributed by atoms with Crippen LogP contribution in [0, 0.1) is 0 Å². The standard InChI is InChI=1S/C15H18ClN3O/c16-12-3-1-2-11(8-12)14-9-18-15(20-14)10-19-6-4-13(17)5-7-19/h1-3,8-9,13H,4-7,10,17H2. The van der Waals surface area contributed by atoms with Crippen LogP contribution in [0.25, 0.3) is 11.3 Å². The molecule has 3 rings (SSSR count). The molecule has 2 N–H and O–H groups in total. The van der Waals surface area contributed by atoms with Gasteiger partial charge < -0.3 is 10.2 Å². The van der Waals surface area contributed by atoms with Gasteiger partial charge in [-0.25, -0.2) is 4.98 Å². The lowest BCUT2D eigenvalue weighted by Gasteiger charge is -2.28. The Morgan fingerprint density at radius 1 is 1.35 bits per heavy atom. The summed E-state index contributed by atoms with van der Waals surface area (Å²) < 4.78 is 5.81. The molecule has 5 heteroatoms. The monoisotopic (exact) mass is 291 g/mol. The first-order valence-electron chi connectivity index (χ1n) is 6.89. The smallest absolute Gasteiger partial charge is 0.209 e. The second kappa shape index (κ2) is 5.95. The molecule has 0 amide bonds. The molecule has 0 bridgehead atoms. The summed E-state index contributed by atoms with van der Waals surface area (Å²) in [5.41, 5.74) is 6.86. The maximum atomic E-state index is 5.99. The molecule has 1 aromatic carbocycles. The van der Waals surface area contributed by atoms with Crippen LogP contribution in [-0.4, -0.2) is 29.0 Å². The highest BCUT2D eigenvalue weighted by Gasteiger charge is 2.18. The quantitative estimate of drug-likeness (QED) is 0.945. The minimum Gasteiger partial charge on any atom is -0.439 e. The Bertz CT molecular complexity index is 576. The average molecular weight is 292 g/mol. The Morgan fingerprint density at radius 3 is 2.90 bits per heavy atom. The number of rotatable bonds is 3. The van der Waals surface area contributed by atoms with Crippen molar-refractivity contribution in [1.82, 2.24) is 9.88 Å². The second-order valence-corrected chi connectivity index (χ2v) is 5.68. The van der Waals surface area contributed by atoms with Gasteiger partial charge in [-0.05, 0) is 25.0 Å². The van der Waals surface area contributed by atoms with E-state index in [-0.39, 0.29) is 0 Å². The van der Waals surface area contributed by atoms with Gasteiger partial charge in [0.25, 0.3) is 0 Å². The molecule has 20 heavy (non-hydrogen) atoms. The highest BCUT2D eigenvalue weighted by molar-refractivity contribution is 6.30. The number of nitrogens with zero attached hydrogens (tertiary/aromatic N) is 2. The summed E-state index contributed by atoms with van der Waals surface area (Å²) in [6.07, 6.45) is 3.85. The Hall–Kier alpha value is -1.36. The van der Waals surface area contributed by atoms with Gasteiger partial charge in [0.05, 0.1) is 12.7 Å². The molecule has 0 saturated carbocycles. The van der Waals surface area contributed by atoms with E-state index >= 15 is 0 Å². The minimum absolute atomic E-state index is 0.345. The molecule has 2 heterocycles. The van der Waals surface area contributed by atoms with Crippen molar-refractivity contribution in [2.75, 3.05) is 13.1 Å². The van der Waals surface area contributed by atoms with Crippen molar-refractivity contribution in [3.8, 4) is 11.3 Å². The fourth-order valence-corrected chi connectivity index (χ4v) is 2.65. The van der Waals surface area contributed by atoms with Gasteiger partial charge in [-0.15, -0.1) is 0 Å². The van der Waals surface area contributed by atoms with Crippen molar-refractivity contribution < 1.29 is 4.42 Å². The van der Waals surface area contributed by atoms with Gasteiger partial charge in [0.1, 0.15) is 0 Å². The van der Waals surface area contributed by atoms with Gasteiger partial charge in [0.2, 0.25) is 5.89 Å². The Kier molecular flexibility index (Phi) is 4.05. The van der Waals surface area contributed by atoms with Crippen LogP contribution in [0.4, 0.5) is 0 Å². The molecule has 1 aliphatic rings. The van der Waals surface area contributed by atoms with E-state index in [0.29, 0.717) is 11.1 Å². The number of benzene rings is 1. The Labute approximate surface area is 123 Å². The average Bonchev–Trinajstić information content (AvgIpc) is 2.90. The van der Waals surface area contributed by atoms with E-state index in [1.54, 1.807) is 6.20 Å².